The molecule has 1 atom stereocenters. The molecule has 0 fully saturated rings. The van der Waals surface area contributed by atoms with Crippen LogP contribution in [0.15, 0.2) is 47.6 Å². The highest BCUT2D eigenvalue weighted by molar-refractivity contribution is 5.99. The van der Waals surface area contributed by atoms with Gasteiger partial charge in [0.15, 0.2) is 18.1 Å². The molecule has 0 saturated carbocycles. The number of hydrogen-bond donors (Lipinski definition) is 1. The summed E-state index contributed by atoms with van der Waals surface area (Å²) in [6, 6.07) is 13.7. The van der Waals surface area contributed by atoms with Crippen LogP contribution in [-0.2, 0) is 16.1 Å². The Morgan fingerprint density at radius 2 is 1.93 bits per heavy atom. The highest BCUT2D eigenvalue weighted by atomic mass is 16.7. The number of hydrogen-bond acceptors (Lipinski definition) is 5. The summed E-state index contributed by atoms with van der Waals surface area (Å²) in [6.07, 6.45) is 0.996. The monoisotopic (exact) mass is 368 g/mol. The third-order valence-corrected chi connectivity index (χ3v) is 4.45. The van der Waals surface area contributed by atoms with E-state index in [0.29, 0.717) is 17.2 Å². The third-order valence-electron chi connectivity index (χ3n) is 4.45. The number of benzene rings is 2. The largest absolute Gasteiger partial charge is 0.454 e. The molecule has 2 aromatic carbocycles. The third kappa shape index (κ3) is 4.78. The Labute approximate surface area is 159 Å². The van der Waals surface area contributed by atoms with Crippen molar-refractivity contribution in [2.75, 3.05) is 13.4 Å². The van der Waals surface area contributed by atoms with Crippen LogP contribution >= 0.6 is 0 Å². The zero-order valence-electron chi connectivity index (χ0n) is 15.8. The van der Waals surface area contributed by atoms with Crippen molar-refractivity contribution >= 4 is 11.6 Å². The molecular formula is C21H24N2O4. The minimum atomic E-state index is -0.218. The molecule has 0 spiro atoms. The highest BCUT2D eigenvalue weighted by Crippen LogP contribution is 2.32. The van der Waals surface area contributed by atoms with Crippen LogP contribution in [0.5, 0.6) is 11.5 Å². The molecule has 0 radical (unpaired) electrons. The van der Waals surface area contributed by atoms with Crippen molar-refractivity contribution in [1.82, 2.24) is 5.32 Å². The molecule has 3 rings (SSSR count). The molecule has 27 heavy (non-hydrogen) atoms. The Bertz CT molecular complexity index is 831. The molecule has 1 aliphatic heterocycles. The Hall–Kier alpha value is -3.02. The molecule has 2 aromatic rings. The first-order chi connectivity index (χ1) is 13.1. The normalized spacial score (nSPS) is 14.0. The van der Waals surface area contributed by atoms with Crippen LogP contribution in [0.4, 0.5) is 0 Å². The number of fused-ring (bicyclic) bond motifs is 1. The van der Waals surface area contributed by atoms with Gasteiger partial charge in [0.25, 0.3) is 5.91 Å². The van der Waals surface area contributed by atoms with Gasteiger partial charge in [0.1, 0.15) is 0 Å². The van der Waals surface area contributed by atoms with Crippen molar-refractivity contribution in [3.8, 4) is 11.5 Å². The van der Waals surface area contributed by atoms with E-state index < -0.39 is 0 Å². The van der Waals surface area contributed by atoms with Crippen molar-refractivity contribution in [2.24, 2.45) is 5.16 Å². The van der Waals surface area contributed by atoms with Gasteiger partial charge >= 0.3 is 0 Å². The minimum absolute atomic E-state index is 0.0917. The molecule has 6 nitrogen and oxygen atoms in total. The van der Waals surface area contributed by atoms with Gasteiger partial charge in [-0.1, -0.05) is 36.3 Å². The molecule has 0 saturated heterocycles. The number of carbonyl (C=O) groups is 1. The molecule has 0 aliphatic carbocycles. The number of aryl methyl sites for hydroxylation is 1. The lowest BCUT2D eigenvalue weighted by atomic mass is 10.1. The smallest absolute Gasteiger partial charge is 0.261 e. The van der Waals surface area contributed by atoms with Crippen molar-refractivity contribution < 1.29 is 19.1 Å². The fraction of sp³-hybridized carbons (Fsp3) is 0.333. The Morgan fingerprint density at radius 1 is 1.19 bits per heavy atom. The van der Waals surface area contributed by atoms with E-state index in [4.69, 9.17) is 14.3 Å². The lowest BCUT2D eigenvalue weighted by Crippen LogP contribution is -2.29. The second kappa shape index (κ2) is 8.58. The molecule has 1 N–H and O–H groups in total. The van der Waals surface area contributed by atoms with Gasteiger partial charge < -0.3 is 19.6 Å². The number of ether oxygens (including phenoxy) is 2. The van der Waals surface area contributed by atoms with Crippen LogP contribution < -0.4 is 14.8 Å². The van der Waals surface area contributed by atoms with Gasteiger partial charge in [0.05, 0.1) is 11.8 Å². The second-order valence-electron chi connectivity index (χ2n) is 6.40. The van der Waals surface area contributed by atoms with Gasteiger partial charge in [0, 0.05) is 5.56 Å². The number of rotatable bonds is 7. The average molecular weight is 368 g/mol. The fourth-order valence-electron chi connectivity index (χ4n) is 2.77. The van der Waals surface area contributed by atoms with Gasteiger partial charge in [-0.15, -0.1) is 0 Å². The number of nitrogens with zero attached hydrogens (tertiary/aromatic N) is 1. The Balaban J connectivity index is 1.50. The van der Waals surface area contributed by atoms with Crippen LogP contribution in [0.25, 0.3) is 0 Å². The lowest BCUT2D eigenvalue weighted by molar-refractivity contribution is -0.126. The molecule has 142 valence electrons. The first-order valence-electron chi connectivity index (χ1n) is 9.01. The van der Waals surface area contributed by atoms with E-state index in [2.05, 4.69) is 29.5 Å². The molecule has 1 aliphatic rings. The van der Waals surface area contributed by atoms with Crippen molar-refractivity contribution in [3.05, 3.63) is 59.2 Å². The SMILES string of the molecule is CCc1ccc(C(C)NC(=O)CO/N=C(\C)c2ccc3c(c2)OCO3)cc1. The van der Waals surface area contributed by atoms with Crippen LogP contribution in [0.2, 0.25) is 0 Å². The second-order valence-corrected chi connectivity index (χ2v) is 6.40. The minimum Gasteiger partial charge on any atom is -0.454 e. The topological polar surface area (TPSA) is 69.2 Å². The molecule has 0 aromatic heterocycles. The van der Waals surface area contributed by atoms with Gasteiger partial charge in [-0.3, -0.25) is 4.79 Å². The standard InChI is InChI=1S/C21H24N2O4/c1-4-16-5-7-17(8-6-16)14(2)22-21(24)12-27-23-15(3)18-9-10-19-20(11-18)26-13-25-19/h5-11,14H,4,12-13H2,1-3H3,(H,22,24)/b23-15+. The summed E-state index contributed by atoms with van der Waals surface area (Å²) in [7, 11) is 0. The van der Waals surface area contributed by atoms with E-state index in [9.17, 15) is 4.79 Å². The summed E-state index contributed by atoms with van der Waals surface area (Å²) in [6.45, 7) is 5.96. The molecule has 1 amide bonds. The Morgan fingerprint density at radius 3 is 2.67 bits per heavy atom. The van der Waals surface area contributed by atoms with Crippen LogP contribution in [0.1, 0.15) is 43.5 Å². The van der Waals surface area contributed by atoms with Crippen molar-refractivity contribution in [2.45, 2.75) is 33.2 Å². The average Bonchev–Trinajstić information content (AvgIpc) is 3.15. The zero-order valence-corrected chi connectivity index (χ0v) is 15.8. The number of carbonyl (C=O) groups excluding carboxylic acids is 1. The predicted octanol–water partition coefficient (Wildman–Crippen LogP) is 3.60. The lowest BCUT2D eigenvalue weighted by Gasteiger charge is -2.14. The maximum atomic E-state index is 12.1. The molecule has 6 heteroatoms. The van der Waals surface area contributed by atoms with Gasteiger partial charge in [-0.2, -0.15) is 0 Å². The van der Waals surface area contributed by atoms with Gasteiger partial charge in [-0.05, 0) is 49.6 Å². The summed E-state index contributed by atoms with van der Waals surface area (Å²) in [5.74, 6) is 1.18. The van der Waals surface area contributed by atoms with Crippen LogP contribution in [0.3, 0.4) is 0 Å². The zero-order chi connectivity index (χ0) is 19.2. The van der Waals surface area contributed by atoms with E-state index >= 15 is 0 Å². The van der Waals surface area contributed by atoms with Gasteiger partial charge in [-0.25, -0.2) is 0 Å². The van der Waals surface area contributed by atoms with Crippen molar-refractivity contribution in [1.29, 1.82) is 0 Å². The Kier molecular flexibility index (Phi) is 5.96. The quantitative estimate of drug-likeness (QED) is 0.599. The molecule has 1 unspecified atom stereocenters. The fourth-order valence-corrected chi connectivity index (χ4v) is 2.77. The van der Waals surface area contributed by atoms with E-state index in [0.717, 1.165) is 17.5 Å². The maximum absolute atomic E-state index is 12.1. The summed E-state index contributed by atoms with van der Waals surface area (Å²) >= 11 is 0. The number of nitrogens with one attached hydrogen (secondary N) is 1. The highest BCUT2D eigenvalue weighted by Gasteiger charge is 2.14. The first kappa shape index (κ1) is 18.8. The summed E-state index contributed by atoms with van der Waals surface area (Å²) in [4.78, 5) is 17.3. The van der Waals surface area contributed by atoms with E-state index in [1.165, 1.54) is 5.56 Å². The number of amides is 1. The van der Waals surface area contributed by atoms with E-state index in [1.54, 1.807) is 0 Å². The van der Waals surface area contributed by atoms with Crippen molar-refractivity contribution in [3.63, 3.8) is 0 Å². The summed E-state index contributed by atoms with van der Waals surface area (Å²) in [5, 5.41) is 6.93. The molecule has 1 heterocycles. The number of oxime groups is 1. The van der Waals surface area contributed by atoms with Crippen LogP contribution in [-0.4, -0.2) is 25.0 Å². The van der Waals surface area contributed by atoms with Crippen LogP contribution in [0, 0.1) is 0 Å². The summed E-state index contributed by atoms with van der Waals surface area (Å²) in [5.41, 5.74) is 3.84. The van der Waals surface area contributed by atoms with E-state index in [-0.39, 0.29) is 25.3 Å². The summed E-state index contributed by atoms with van der Waals surface area (Å²) < 4.78 is 10.6. The first-order valence-corrected chi connectivity index (χ1v) is 9.01. The molecule has 0 bridgehead atoms. The maximum Gasteiger partial charge on any atom is 0.261 e. The molecular weight excluding hydrogens is 344 g/mol. The predicted molar refractivity (Wildman–Crippen MR) is 103 cm³/mol. The van der Waals surface area contributed by atoms with Gasteiger partial charge in [0.2, 0.25) is 6.79 Å². The van der Waals surface area contributed by atoms with E-state index in [1.807, 2.05) is 44.2 Å².